The first-order valence-corrected chi connectivity index (χ1v) is 22.2. The molecule has 0 bridgehead atoms. The van der Waals surface area contributed by atoms with Crippen molar-refractivity contribution < 1.29 is 95.1 Å². The number of epoxide rings is 1. The van der Waals surface area contributed by atoms with Crippen LogP contribution >= 0.6 is 0 Å². The Bertz CT molecular complexity index is 2020. The van der Waals surface area contributed by atoms with Crippen molar-refractivity contribution in [3.05, 3.63) is 42.0 Å². The maximum absolute atomic E-state index is 14.4. The minimum atomic E-state index is -1.67. The van der Waals surface area contributed by atoms with Gasteiger partial charge in [0.1, 0.15) is 6.10 Å². The number of esters is 7. The van der Waals surface area contributed by atoms with Crippen molar-refractivity contribution in [2.45, 2.75) is 166 Å². The number of ether oxygens (including phenoxy) is 13. The lowest BCUT2D eigenvalue weighted by molar-refractivity contribution is -0.359. The maximum Gasteiger partial charge on any atom is 0.331 e. The molecule has 17 atom stereocenters. The zero-order chi connectivity index (χ0) is 47.7. The highest BCUT2D eigenvalue weighted by molar-refractivity contribution is 5.87. The van der Waals surface area contributed by atoms with Crippen molar-refractivity contribution in [3.63, 3.8) is 0 Å². The lowest BCUT2D eigenvalue weighted by Gasteiger charge is -2.48. The fraction of sp³-hybridized carbons (Fsp3) is 0.674. The molecule has 6 aliphatic rings. The number of rotatable bonds is 12. The van der Waals surface area contributed by atoms with E-state index in [9.17, 15) is 33.6 Å². The second kappa shape index (κ2) is 20.1. The molecule has 2 spiro atoms. The molecular weight excluding hydrogens is 872 g/mol. The second-order valence-corrected chi connectivity index (χ2v) is 17.7. The van der Waals surface area contributed by atoms with Crippen LogP contribution in [0.2, 0.25) is 0 Å². The van der Waals surface area contributed by atoms with Gasteiger partial charge in [-0.1, -0.05) is 37.3 Å². The normalized spacial score (nSPS) is 39.2. The van der Waals surface area contributed by atoms with Crippen LogP contribution in [0.25, 0.3) is 6.08 Å². The number of hydrogen-bond acceptors (Lipinski definition) is 20. The fourth-order valence-electron chi connectivity index (χ4n) is 9.83. The monoisotopic (exact) mass is 930 g/mol. The molecule has 1 aromatic carbocycles. The minimum Gasteiger partial charge on any atom is -0.459 e. The maximum atomic E-state index is 14.4. The van der Waals surface area contributed by atoms with Crippen molar-refractivity contribution in [2.24, 2.45) is 17.8 Å². The summed E-state index contributed by atoms with van der Waals surface area (Å²) in [5.41, 5.74) is 0.0381. The van der Waals surface area contributed by atoms with E-state index in [4.69, 9.17) is 61.6 Å². The van der Waals surface area contributed by atoms with Crippen LogP contribution in [0.3, 0.4) is 0 Å². The molecule has 17 unspecified atom stereocenters. The molecule has 5 saturated heterocycles. The summed E-state index contributed by atoms with van der Waals surface area (Å²) in [6, 6.07) is 9.37. The summed E-state index contributed by atoms with van der Waals surface area (Å²) in [5.74, 6) is -7.54. The first kappa shape index (κ1) is 48.9. The summed E-state index contributed by atoms with van der Waals surface area (Å²) in [6.07, 6.45) is -11.0. The molecule has 6 fully saturated rings. The van der Waals surface area contributed by atoms with Crippen LogP contribution in [0.15, 0.2) is 36.4 Å². The summed E-state index contributed by atoms with van der Waals surface area (Å²) in [6.45, 7) is 11.1. The molecule has 0 aromatic heterocycles. The van der Waals surface area contributed by atoms with Crippen LogP contribution in [0.4, 0.5) is 0 Å². The van der Waals surface area contributed by atoms with Gasteiger partial charge in [0.05, 0.1) is 37.4 Å². The van der Waals surface area contributed by atoms with Gasteiger partial charge in [0.25, 0.3) is 0 Å². The van der Waals surface area contributed by atoms with Gasteiger partial charge < -0.3 is 61.6 Å². The van der Waals surface area contributed by atoms with Crippen molar-refractivity contribution >= 4 is 47.9 Å². The molecule has 5 aliphatic heterocycles. The molecule has 1 saturated carbocycles. The SMILES string of the molecule is CC(=O)OC1C(C)OC(OC2C(OC(=O)C3CCC4C(C3)OC3(CC(OC(=O)C=Cc5ccccc5)C(C)CO3)C43CO3)OC(C)C(OC(C)=O)C2OC(C)=O)C(OC(C)=O)C1OC(C)=O. The van der Waals surface area contributed by atoms with E-state index in [-0.39, 0.29) is 31.3 Å². The van der Waals surface area contributed by atoms with Crippen molar-refractivity contribution in [1.82, 2.24) is 0 Å². The van der Waals surface area contributed by atoms with E-state index in [1.807, 2.05) is 37.3 Å². The average Bonchev–Trinajstić information content (AvgIpc) is 4.01. The highest BCUT2D eigenvalue weighted by Gasteiger charge is 2.76. The quantitative estimate of drug-likeness (QED) is 0.127. The number of hydrogen-bond donors (Lipinski definition) is 0. The molecule has 1 aromatic rings. The Morgan fingerprint density at radius 3 is 1.76 bits per heavy atom. The Labute approximate surface area is 381 Å². The summed E-state index contributed by atoms with van der Waals surface area (Å²) >= 11 is 0. The largest absolute Gasteiger partial charge is 0.459 e. The zero-order valence-electron chi connectivity index (χ0n) is 38.1. The van der Waals surface area contributed by atoms with E-state index in [0.29, 0.717) is 19.4 Å². The zero-order valence-corrected chi connectivity index (χ0v) is 38.1. The predicted octanol–water partition coefficient (Wildman–Crippen LogP) is 3.02. The standard InChI is InChI=1S/C46H58O20/c1-22-20-54-46(19-34(22)63-35(52)17-14-30-12-10-9-11-13-30)45(21-55-45)32-16-15-31(18-33(32)66-46)42(53)65-44-41(39(61-28(7)50)37(24(3)57-44)59-26(5)48)64-43-40(62-29(8)51)38(60-27(6)49)36(23(2)56-43)58-25(4)47/h9-14,17,22-24,31-34,36-41,43-44H,15-16,18-21H2,1-8H3. The molecule has 7 rings (SSSR count). The Balaban J connectivity index is 1.10. The number of benzene rings is 1. The minimum absolute atomic E-state index is 0.145. The number of fused-ring (bicyclic) bond motifs is 3. The van der Waals surface area contributed by atoms with Crippen molar-refractivity contribution in [3.8, 4) is 0 Å². The van der Waals surface area contributed by atoms with Gasteiger partial charge in [-0.05, 0) is 44.7 Å². The van der Waals surface area contributed by atoms with E-state index >= 15 is 0 Å². The molecule has 66 heavy (non-hydrogen) atoms. The molecule has 0 radical (unpaired) electrons. The van der Waals surface area contributed by atoms with Gasteiger partial charge in [0, 0.05) is 59.0 Å². The Morgan fingerprint density at radius 2 is 1.18 bits per heavy atom. The van der Waals surface area contributed by atoms with Gasteiger partial charge in [-0.2, -0.15) is 0 Å². The van der Waals surface area contributed by atoms with Crippen molar-refractivity contribution in [1.29, 1.82) is 0 Å². The third-order valence-corrected chi connectivity index (χ3v) is 12.8. The Hall–Kier alpha value is -4.99. The summed E-state index contributed by atoms with van der Waals surface area (Å²) < 4.78 is 77.9. The lowest BCUT2D eigenvalue weighted by Crippen LogP contribution is -2.66. The van der Waals surface area contributed by atoms with E-state index < -0.39 is 133 Å². The van der Waals surface area contributed by atoms with Crippen LogP contribution in [0.5, 0.6) is 0 Å². The number of carbonyl (C=O) groups is 7. The highest BCUT2D eigenvalue weighted by Crippen LogP contribution is 2.62. The first-order chi connectivity index (χ1) is 31.3. The third-order valence-electron chi connectivity index (χ3n) is 12.8. The van der Waals surface area contributed by atoms with Gasteiger partial charge in [-0.15, -0.1) is 0 Å². The molecule has 0 N–H and O–H groups in total. The van der Waals surface area contributed by atoms with E-state index in [1.165, 1.54) is 19.9 Å². The van der Waals surface area contributed by atoms with Gasteiger partial charge in [-0.3, -0.25) is 28.8 Å². The van der Waals surface area contributed by atoms with E-state index in [0.717, 1.165) is 40.2 Å². The molecule has 5 heterocycles. The predicted molar refractivity (Wildman–Crippen MR) is 220 cm³/mol. The topological polar surface area (TPSA) is 243 Å². The van der Waals surface area contributed by atoms with Crippen LogP contribution in [0, 0.1) is 17.8 Å². The first-order valence-electron chi connectivity index (χ1n) is 22.2. The summed E-state index contributed by atoms with van der Waals surface area (Å²) in [7, 11) is 0. The lowest BCUT2D eigenvalue weighted by atomic mass is 9.72. The van der Waals surface area contributed by atoms with Crippen LogP contribution in [0.1, 0.15) is 86.6 Å². The number of carbonyl (C=O) groups excluding carboxylic acids is 7. The third kappa shape index (κ3) is 10.6. The summed E-state index contributed by atoms with van der Waals surface area (Å²) in [5, 5.41) is 0. The van der Waals surface area contributed by atoms with Crippen molar-refractivity contribution in [2.75, 3.05) is 13.2 Å². The molecule has 362 valence electrons. The molecule has 20 heteroatoms. The van der Waals surface area contributed by atoms with E-state index in [1.54, 1.807) is 6.08 Å². The highest BCUT2D eigenvalue weighted by atomic mass is 16.8. The van der Waals surface area contributed by atoms with Gasteiger partial charge in [-0.25, -0.2) is 4.79 Å². The summed E-state index contributed by atoms with van der Waals surface area (Å²) in [4.78, 5) is 89.4. The Kier molecular flexibility index (Phi) is 14.9. The van der Waals surface area contributed by atoms with Crippen LogP contribution < -0.4 is 0 Å². The second-order valence-electron chi connectivity index (χ2n) is 17.7. The molecule has 1 aliphatic carbocycles. The average molecular weight is 931 g/mol. The molecular formula is C46H58O20. The van der Waals surface area contributed by atoms with Crippen LogP contribution in [-0.4, -0.2) is 140 Å². The van der Waals surface area contributed by atoms with Gasteiger partial charge in [0.2, 0.25) is 12.1 Å². The van der Waals surface area contributed by atoms with Crippen LogP contribution in [-0.2, 0) is 95.1 Å². The smallest absolute Gasteiger partial charge is 0.331 e. The van der Waals surface area contributed by atoms with E-state index in [2.05, 4.69) is 0 Å². The Morgan fingerprint density at radius 1 is 0.636 bits per heavy atom. The molecule has 0 amide bonds. The van der Waals surface area contributed by atoms with Gasteiger partial charge in [0.15, 0.2) is 48.5 Å². The van der Waals surface area contributed by atoms with Gasteiger partial charge >= 0.3 is 41.8 Å². The molecule has 20 nitrogen and oxygen atoms in total. The fourth-order valence-corrected chi connectivity index (χ4v) is 9.83.